The molecule has 0 fully saturated rings. The summed E-state index contributed by atoms with van der Waals surface area (Å²) < 4.78 is 13.6. The van der Waals surface area contributed by atoms with Gasteiger partial charge in [0.15, 0.2) is 0 Å². The van der Waals surface area contributed by atoms with E-state index >= 15 is 0 Å². The summed E-state index contributed by atoms with van der Waals surface area (Å²) in [5.41, 5.74) is 2.12. The lowest BCUT2D eigenvalue weighted by Crippen LogP contribution is -2.27. The molecular weight excluding hydrogens is 305 g/mol. The molecule has 22 heavy (non-hydrogen) atoms. The second-order valence-electron chi connectivity index (χ2n) is 4.95. The average Bonchev–Trinajstić information content (AvgIpc) is 2.52. The number of carbonyl (C=O) groups is 1. The first-order valence-corrected chi connectivity index (χ1v) is 7.36. The molecule has 0 unspecified atom stereocenters. The fraction of sp³-hybridized carbons (Fsp3) is 0.235. The maximum atomic E-state index is 13.6. The van der Waals surface area contributed by atoms with E-state index in [1.54, 1.807) is 6.07 Å². The van der Waals surface area contributed by atoms with E-state index in [0.29, 0.717) is 13.0 Å². The maximum Gasteiger partial charge on any atom is 0.224 e. The molecule has 0 saturated heterocycles. The van der Waals surface area contributed by atoms with Crippen LogP contribution in [-0.4, -0.2) is 17.6 Å². The Bertz CT molecular complexity index is 623. The number of rotatable bonds is 6. The molecular formula is C17H17ClFNO2. The number of hydrogen-bond donors (Lipinski definition) is 2. The molecule has 0 atom stereocenters. The minimum atomic E-state index is -0.470. The topological polar surface area (TPSA) is 49.3 Å². The number of aliphatic hydroxyl groups excluding tert-OH is 1. The van der Waals surface area contributed by atoms with Gasteiger partial charge in [0.05, 0.1) is 13.0 Å². The predicted octanol–water partition coefficient (Wildman–Crippen LogP) is 2.87. The van der Waals surface area contributed by atoms with Crippen LogP contribution in [-0.2, 0) is 24.2 Å². The van der Waals surface area contributed by atoms with E-state index in [4.69, 9.17) is 16.7 Å². The zero-order chi connectivity index (χ0) is 15.9. The van der Waals surface area contributed by atoms with Crippen LogP contribution in [0.3, 0.4) is 0 Å². The molecule has 2 aromatic rings. The van der Waals surface area contributed by atoms with Crippen molar-refractivity contribution in [3.63, 3.8) is 0 Å². The Balaban J connectivity index is 1.82. The largest absolute Gasteiger partial charge is 0.392 e. The number of benzene rings is 2. The van der Waals surface area contributed by atoms with Gasteiger partial charge >= 0.3 is 0 Å². The maximum absolute atomic E-state index is 13.6. The van der Waals surface area contributed by atoms with Crippen LogP contribution in [0, 0.1) is 5.82 Å². The molecule has 0 radical (unpaired) electrons. The molecule has 116 valence electrons. The van der Waals surface area contributed by atoms with Gasteiger partial charge in [-0.2, -0.15) is 0 Å². The van der Waals surface area contributed by atoms with E-state index in [2.05, 4.69) is 5.32 Å². The van der Waals surface area contributed by atoms with Crippen molar-refractivity contribution in [2.45, 2.75) is 19.4 Å². The highest BCUT2D eigenvalue weighted by Crippen LogP contribution is 2.19. The van der Waals surface area contributed by atoms with Crippen LogP contribution in [0.1, 0.15) is 16.7 Å². The summed E-state index contributed by atoms with van der Waals surface area (Å²) in [5.74, 6) is -0.735. The Morgan fingerprint density at radius 2 is 1.82 bits per heavy atom. The van der Waals surface area contributed by atoms with Crippen LogP contribution in [0.25, 0.3) is 0 Å². The number of halogens is 2. The summed E-state index contributed by atoms with van der Waals surface area (Å²) in [4.78, 5) is 11.8. The third-order valence-corrected chi connectivity index (χ3v) is 3.69. The van der Waals surface area contributed by atoms with Gasteiger partial charge in [-0.3, -0.25) is 4.79 Å². The molecule has 0 spiro atoms. The minimum absolute atomic E-state index is 0.0143. The molecule has 2 aromatic carbocycles. The second-order valence-corrected chi connectivity index (χ2v) is 5.36. The Hall–Kier alpha value is -1.91. The number of amides is 1. The predicted molar refractivity (Wildman–Crippen MR) is 84.2 cm³/mol. The number of aliphatic hydroxyl groups is 1. The van der Waals surface area contributed by atoms with Crippen LogP contribution in [0.5, 0.6) is 0 Å². The van der Waals surface area contributed by atoms with Gasteiger partial charge in [-0.25, -0.2) is 4.39 Å². The van der Waals surface area contributed by atoms with Gasteiger partial charge in [0, 0.05) is 17.1 Å². The highest BCUT2D eigenvalue weighted by Gasteiger charge is 2.11. The zero-order valence-corrected chi connectivity index (χ0v) is 12.7. The Morgan fingerprint density at radius 1 is 1.14 bits per heavy atom. The molecule has 0 aliphatic carbocycles. The summed E-state index contributed by atoms with van der Waals surface area (Å²) in [6.45, 7) is 0.476. The molecule has 0 saturated carbocycles. The number of carbonyl (C=O) groups excluding carboxylic acids is 1. The third-order valence-electron chi connectivity index (χ3n) is 3.34. The Kier molecular flexibility index (Phi) is 5.92. The van der Waals surface area contributed by atoms with Crippen molar-refractivity contribution in [3.05, 3.63) is 70.0 Å². The van der Waals surface area contributed by atoms with Crippen molar-refractivity contribution in [2.75, 3.05) is 6.54 Å². The smallest absolute Gasteiger partial charge is 0.224 e. The van der Waals surface area contributed by atoms with Gasteiger partial charge in [-0.1, -0.05) is 41.9 Å². The zero-order valence-electron chi connectivity index (χ0n) is 12.0. The van der Waals surface area contributed by atoms with Crippen molar-refractivity contribution < 1.29 is 14.3 Å². The molecule has 0 heterocycles. The molecule has 1 amide bonds. The molecule has 5 heteroatoms. The second kappa shape index (κ2) is 7.92. The van der Waals surface area contributed by atoms with Crippen LogP contribution < -0.4 is 5.32 Å². The third kappa shape index (κ3) is 4.55. The van der Waals surface area contributed by atoms with Crippen molar-refractivity contribution in [1.29, 1.82) is 0 Å². The van der Waals surface area contributed by atoms with Crippen molar-refractivity contribution in [1.82, 2.24) is 5.32 Å². The van der Waals surface area contributed by atoms with Gasteiger partial charge in [-0.15, -0.1) is 0 Å². The molecule has 0 aliphatic heterocycles. The van der Waals surface area contributed by atoms with Crippen LogP contribution in [0.15, 0.2) is 42.5 Å². The van der Waals surface area contributed by atoms with Gasteiger partial charge in [0.25, 0.3) is 0 Å². The number of nitrogens with one attached hydrogen (secondary N) is 1. The van der Waals surface area contributed by atoms with E-state index in [0.717, 1.165) is 11.1 Å². The first-order chi connectivity index (χ1) is 10.6. The fourth-order valence-corrected chi connectivity index (χ4v) is 2.31. The van der Waals surface area contributed by atoms with E-state index in [-0.39, 0.29) is 29.5 Å². The summed E-state index contributed by atoms with van der Waals surface area (Å²) in [5, 5.41) is 12.0. The highest BCUT2D eigenvalue weighted by atomic mass is 35.5. The number of hydrogen-bond acceptors (Lipinski definition) is 2. The normalized spacial score (nSPS) is 10.5. The average molecular weight is 322 g/mol. The Morgan fingerprint density at radius 3 is 2.45 bits per heavy atom. The van der Waals surface area contributed by atoms with Crippen LogP contribution in [0.2, 0.25) is 5.02 Å². The summed E-state index contributed by atoms with van der Waals surface area (Å²) in [6.07, 6.45) is 0.595. The Labute approximate surface area is 133 Å². The monoisotopic (exact) mass is 321 g/mol. The highest BCUT2D eigenvalue weighted by molar-refractivity contribution is 6.31. The molecule has 2 rings (SSSR count). The standard InChI is InChI=1S/C17H17ClFNO2/c18-15-2-1-3-16(19)14(15)10-17(22)20-9-8-12-4-6-13(11-21)7-5-12/h1-7,21H,8-11H2,(H,20,22). The lowest BCUT2D eigenvalue weighted by molar-refractivity contribution is -0.120. The van der Waals surface area contributed by atoms with Gasteiger partial charge in [0.1, 0.15) is 5.82 Å². The molecule has 0 aromatic heterocycles. The lowest BCUT2D eigenvalue weighted by Gasteiger charge is -2.08. The lowest BCUT2D eigenvalue weighted by atomic mass is 10.1. The van der Waals surface area contributed by atoms with Gasteiger partial charge in [0.2, 0.25) is 5.91 Å². The van der Waals surface area contributed by atoms with E-state index in [9.17, 15) is 9.18 Å². The van der Waals surface area contributed by atoms with Crippen molar-refractivity contribution in [2.24, 2.45) is 0 Å². The van der Waals surface area contributed by atoms with Gasteiger partial charge < -0.3 is 10.4 Å². The summed E-state index contributed by atoms with van der Waals surface area (Å²) >= 11 is 5.89. The van der Waals surface area contributed by atoms with Crippen LogP contribution >= 0.6 is 11.6 Å². The van der Waals surface area contributed by atoms with E-state index < -0.39 is 5.82 Å². The fourth-order valence-electron chi connectivity index (χ4n) is 2.08. The van der Waals surface area contributed by atoms with E-state index in [1.165, 1.54) is 12.1 Å². The quantitative estimate of drug-likeness (QED) is 0.859. The molecule has 2 N–H and O–H groups in total. The van der Waals surface area contributed by atoms with E-state index in [1.807, 2.05) is 24.3 Å². The van der Waals surface area contributed by atoms with Crippen LogP contribution in [0.4, 0.5) is 4.39 Å². The summed E-state index contributed by atoms with van der Waals surface area (Å²) in [6, 6.07) is 11.9. The molecule has 0 bridgehead atoms. The molecule has 0 aliphatic rings. The van der Waals surface area contributed by atoms with Crippen molar-refractivity contribution in [3.8, 4) is 0 Å². The summed E-state index contributed by atoms with van der Waals surface area (Å²) in [7, 11) is 0. The first kappa shape index (κ1) is 16.5. The van der Waals surface area contributed by atoms with Gasteiger partial charge in [-0.05, 0) is 29.7 Å². The van der Waals surface area contributed by atoms with Crippen molar-refractivity contribution >= 4 is 17.5 Å². The SMILES string of the molecule is O=C(Cc1c(F)cccc1Cl)NCCc1ccc(CO)cc1. The minimum Gasteiger partial charge on any atom is -0.392 e. The molecule has 3 nitrogen and oxygen atoms in total. The first-order valence-electron chi connectivity index (χ1n) is 6.98.